The molecule has 15 N–H and O–H groups in total. The molecular formula is C50H71FN14O13S3. The van der Waals surface area contributed by atoms with Crippen LogP contribution in [-0.2, 0) is 64.0 Å². The van der Waals surface area contributed by atoms with Gasteiger partial charge in [-0.3, -0.25) is 58.1 Å². The van der Waals surface area contributed by atoms with Gasteiger partial charge in [-0.05, 0) is 67.5 Å². The van der Waals surface area contributed by atoms with Crippen LogP contribution in [0.4, 0.5) is 4.39 Å². The van der Waals surface area contributed by atoms with Crippen LogP contribution in [0.5, 0.6) is 0 Å². The number of carboxylic acid groups (broad SMARTS) is 1. The van der Waals surface area contributed by atoms with Crippen LogP contribution in [0.15, 0.2) is 59.8 Å². The molecule has 0 aromatic heterocycles. The normalized spacial score (nSPS) is 21.8. The second kappa shape index (κ2) is 37.3. The minimum absolute atomic E-state index is 0.00635. The molecule has 0 saturated carbocycles. The predicted molar refractivity (Wildman–Crippen MR) is 303 cm³/mol. The minimum Gasteiger partial charge on any atom is -0.481 e. The van der Waals surface area contributed by atoms with Crippen molar-refractivity contribution in [2.24, 2.45) is 10.9 Å². The number of nitrogens with one attached hydrogen (secondary N) is 12. The van der Waals surface area contributed by atoms with Crippen molar-refractivity contribution in [3.05, 3.63) is 71.5 Å². The summed E-state index contributed by atoms with van der Waals surface area (Å²) in [5, 5.41) is 48.4. The third kappa shape index (κ3) is 26.9. The lowest BCUT2D eigenvalue weighted by atomic mass is 10.0. The van der Waals surface area contributed by atoms with E-state index in [9.17, 15) is 62.2 Å². The summed E-state index contributed by atoms with van der Waals surface area (Å²) in [5.74, 6) is -11.0. The van der Waals surface area contributed by atoms with Crippen LogP contribution in [0.3, 0.4) is 0 Å². The van der Waals surface area contributed by atoms with E-state index >= 15 is 0 Å². The van der Waals surface area contributed by atoms with Gasteiger partial charge in [0, 0.05) is 50.2 Å². The Morgan fingerprint density at radius 3 is 1.94 bits per heavy atom. The Labute approximate surface area is 482 Å². The number of carbonyl (C=O) groups excluding carboxylic acids is 10. The lowest BCUT2D eigenvalue weighted by Crippen LogP contribution is -2.60. The monoisotopic (exact) mass is 1190 g/mol. The summed E-state index contributed by atoms with van der Waals surface area (Å²) < 4.78 is 13.2. The first-order valence-electron chi connectivity index (χ1n) is 25.6. The number of rotatable bonds is 20. The van der Waals surface area contributed by atoms with Gasteiger partial charge in [0.2, 0.25) is 53.2 Å². The molecule has 81 heavy (non-hydrogen) atoms. The Morgan fingerprint density at radius 2 is 1.31 bits per heavy atom. The Bertz CT molecular complexity index is 2500. The number of halogens is 1. The number of nitrogens with zero attached hydrogens (tertiary/aromatic N) is 1. The van der Waals surface area contributed by atoms with Crippen LogP contribution >= 0.6 is 37.0 Å². The second-order valence-corrected chi connectivity index (χ2v) is 20.0. The first kappa shape index (κ1) is 67.6. The molecule has 0 unspecified atom stereocenters. The molecule has 2 aromatic rings. The van der Waals surface area contributed by atoms with Crippen molar-refractivity contribution in [1.82, 2.24) is 58.5 Å². The molecule has 0 radical (unpaired) electrons. The summed E-state index contributed by atoms with van der Waals surface area (Å²) in [6.07, 6.45) is 0.950. The van der Waals surface area contributed by atoms with Gasteiger partial charge in [-0.1, -0.05) is 47.6 Å². The molecule has 0 bridgehead atoms. The fourth-order valence-electron chi connectivity index (χ4n) is 7.45. The van der Waals surface area contributed by atoms with Gasteiger partial charge >= 0.3 is 5.97 Å². The third-order valence-corrected chi connectivity index (χ3v) is 13.6. The van der Waals surface area contributed by atoms with Crippen LogP contribution in [-0.4, -0.2) is 181 Å². The SMILES string of the molecule is CNC(=O)[C@@H]1CSCCCC(=O)N[C@@H](CCCCNC(=O)CO/N=C/c2ccc(F)cc2)C(=O)N[C@@H](CS)C(=O)N[C@@H](CCCNC(=N)N)C(=O)NCC(=O)N[C@@H](CC(=O)O)C(=O)N[C@@H](CS)C(=O)N[C@@H](Cc2ccccc2)C(=O)N1. The number of aliphatic carboxylic acids is 1. The topological polar surface area (TPSA) is 412 Å². The molecular weight excluding hydrogens is 1120 g/mol. The fraction of sp³-hybridized carbons (Fsp3) is 0.500. The highest BCUT2D eigenvalue weighted by Gasteiger charge is 2.33. The third-order valence-electron chi connectivity index (χ3n) is 11.7. The van der Waals surface area contributed by atoms with Crippen molar-refractivity contribution in [1.29, 1.82) is 5.41 Å². The van der Waals surface area contributed by atoms with Crippen molar-refractivity contribution in [2.45, 2.75) is 100 Å². The lowest BCUT2D eigenvalue weighted by molar-refractivity contribution is -0.141. The number of thioether (sulfide) groups is 1. The molecule has 31 heteroatoms. The molecule has 3 rings (SSSR count). The molecule has 1 heterocycles. The van der Waals surface area contributed by atoms with Gasteiger partial charge in [-0.15, -0.1) is 0 Å². The number of nitrogens with two attached hydrogens (primary N) is 1. The summed E-state index contributed by atoms with van der Waals surface area (Å²) in [4.78, 5) is 152. The van der Waals surface area contributed by atoms with Gasteiger partial charge in [0.15, 0.2) is 12.6 Å². The first-order valence-corrected chi connectivity index (χ1v) is 28.1. The summed E-state index contributed by atoms with van der Waals surface area (Å²) in [5.41, 5.74) is 6.53. The Hall–Kier alpha value is -7.67. The zero-order valence-corrected chi connectivity index (χ0v) is 47.0. The quantitative estimate of drug-likeness (QED) is 0.0208. The number of hydrogen-bond donors (Lipinski definition) is 16. The maximum absolute atomic E-state index is 14.0. The number of unbranched alkanes of at least 4 members (excludes halogenated alkanes) is 1. The molecule has 27 nitrogen and oxygen atoms in total. The standard InChI is InChI=1S/C50H71FN14O13S3/c1-54-43(71)38-28-81-20-8-13-39(66)59-33(11-5-6-18-55-41(68)25-78-58-23-30-14-16-31(51)17-15-30)45(73)63-36(26-79)48(76)61-32(12-7-19-56-50(52)53)44(72)57-24-40(67)60-35(22-42(69)70)47(75)64-37(27-80)49(77)62-34(46(74)65-38)21-29-9-3-2-4-10-29/h2-4,9-10,14-17,23,32-38,79-80H,5-8,11-13,18-22,24-28H2,1H3,(H,54,71)(H,55,68)(H,57,72)(H,59,66)(H,60,67)(H,61,76)(H,62,77)(H,63,73)(H,64,75)(H,65,74)(H,69,70)(H4,52,53,56)/b58-23+/t32-,33-,34-,35-,36-,37-,38-/m0/s1. The molecule has 1 fully saturated rings. The number of carbonyl (C=O) groups is 11. The van der Waals surface area contributed by atoms with Crippen LogP contribution < -0.4 is 64.2 Å². The number of oxime groups is 1. The van der Waals surface area contributed by atoms with Crippen molar-refractivity contribution >= 4 is 114 Å². The van der Waals surface area contributed by atoms with Gasteiger partial charge in [0.05, 0.1) is 19.2 Å². The molecule has 1 aliphatic heterocycles. The average Bonchev–Trinajstić information content (AvgIpc) is 3.44. The van der Waals surface area contributed by atoms with Crippen LogP contribution in [0.2, 0.25) is 0 Å². The van der Waals surface area contributed by atoms with E-state index in [0.717, 1.165) is 0 Å². The maximum Gasteiger partial charge on any atom is 0.305 e. The lowest BCUT2D eigenvalue weighted by Gasteiger charge is -2.26. The number of guanidine groups is 1. The molecule has 1 saturated heterocycles. The van der Waals surface area contributed by atoms with E-state index in [0.29, 0.717) is 17.5 Å². The Morgan fingerprint density at radius 1 is 0.741 bits per heavy atom. The molecule has 2 aromatic carbocycles. The van der Waals surface area contributed by atoms with E-state index in [-0.39, 0.29) is 87.0 Å². The maximum atomic E-state index is 14.0. The highest BCUT2D eigenvalue weighted by Crippen LogP contribution is 2.12. The van der Waals surface area contributed by atoms with E-state index in [1.54, 1.807) is 30.3 Å². The number of likely N-dealkylation sites (N-methyl/N-ethyl adjacent to an activating group) is 1. The summed E-state index contributed by atoms with van der Waals surface area (Å²) in [6, 6.07) is 4.06. The largest absolute Gasteiger partial charge is 0.481 e. The van der Waals surface area contributed by atoms with Gasteiger partial charge in [0.1, 0.15) is 48.1 Å². The molecule has 10 amide bonds. The summed E-state index contributed by atoms with van der Waals surface area (Å²) in [6.45, 7) is -1.09. The van der Waals surface area contributed by atoms with Crippen LogP contribution in [0, 0.1) is 11.2 Å². The minimum atomic E-state index is -1.82. The van der Waals surface area contributed by atoms with Gasteiger partial charge in [0.25, 0.3) is 5.91 Å². The van der Waals surface area contributed by atoms with Gasteiger partial charge in [-0.25, -0.2) is 4.39 Å². The molecule has 1 aliphatic rings. The number of hydrogen-bond acceptors (Lipinski definition) is 17. The Balaban J connectivity index is 1.90. The van der Waals surface area contributed by atoms with Crippen LogP contribution in [0.1, 0.15) is 62.5 Å². The van der Waals surface area contributed by atoms with E-state index in [1.807, 2.05) is 0 Å². The van der Waals surface area contributed by atoms with E-state index in [1.165, 1.54) is 49.3 Å². The zero-order chi connectivity index (χ0) is 59.7. The van der Waals surface area contributed by atoms with Crippen molar-refractivity contribution < 1.29 is 67.1 Å². The summed E-state index contributed by atoms with van der Waals surface area (Å²) >= 11 is 9.67. The Kier molecular flexibility index (Phi) is 31.1. The smallest absolute Gasteiger partial charge is 0.305 e. The second-order valence-electron chi connectivity index (χ2n) is 18.1. The molecule has 444 valence electrons. The average molecular weight is 1190 g/mol. The molecule has 0 spiro atoms. The van der Waals surface area contributed by atoms with Crippen molar-refractivity contribution in [2.75, 3.05) is 56.3 Å². The van der Waals surface area contributed by atoms with Crippen molar-refractivity contribution in [3.8, 4) is 0 Å². The number of thiol groups is 2. The predicted octanol–water partition coefficient (Wildman–Crippen LogP) is -2.91. The van der Waals surface area contributed by atoms with E-state index in [4.69, 9.17) is 16.0 Å². The van der Waals surface area contributed by atoms with Crippen molar-refractivity contribution in [3.63, 3.8) is 0 Å². The highest BCUT2D eigenvalue weighted by molar-refractivity contribution is 7.99. The van der Waals surface area contributed by atoms with Gasteiger partial charge < -0.3 is 74.2 Å². The van der Waals surface area contributed by atoms with E-state index < -0.39 is 133 Å². The number of benzene rings is 2. The fourth-order valence-corrected chi connectivity index (χ4v) is 8.95. The summed E-state index contributed by atoms with van der Waals surface area (Å²) in [7, 11) is 1.36. The van der Waals surface area contributed by atoms with E-state index in [2.05, 4.69) is 88.9 Å². The molecule has 7 atom stereocenters. The number of amides is 10. The number of carboxylic acids is 1. The highest BCUT2D eigenvalue weighted by atomic mass is 32.2. The first-order chi connectivity index (χ1) is 38.7. The molecule has 0 aliphatic carbocycles. The van der Waals surface area contributed by atoms with Gasteiger partial charge in [-0.2, -0.15) is 37.0 Å². The van der Waals surface area contributed by atoms with Crippen LogP contribution in [0.25, 0.3) is 0 Å². The zero-order valence-electron chi connectivity index (χ0n) is 44.4.